The van der Waals surface area contributed by atoms with E-state index in [1.807, 2.05) is 0 Å². The minimum Gasteiger partial charge on any atom is -0.481 e. The Morgan fingerprint density at radius 1 is 1.42 bits per heavy atom. The van der Waals surface area contributed by atoms with Crippen LogP contribution in [0.25, 0.3) is 0 Å². The van der Waals surface area contributed by atoms with Gasteiger partial charge < -0.3 is 23.4 Å². The normalized spacial score (nSPS) is 19.9. The van der Waals surface area contributed by atoms with Crippen LogP contribution in [0.5, 0.6) is 0 Å². The zero-order valence-electron chi connectivity index (χ0n) is 11.7. The second kappa shape index (κ2) is 7.03. The van der Waals surface area contributed by atoms with Crippen molar-refractivity contribution in [1.29, 1.82) is 0 Å². The molecule has 24 heavy (non-hydrogen) atoms. The van der Waals surface area contributed by atoms with Gasteiger partial charge in [-0.05, 0) is 6.07 Å². The number of carbonyl (C=O) groups is 2. The fourth-order valence-electron chi connectivity index (χ4n) is 1.86. The average molecular weight is 362 g/mol. The standard InChI is InChI=1S/C12H9BF4N3O3S/c14-8-3-1-2-7(13(15,16)17)6(8)5-18-20-12-19-11(23)9(24-12)4-10(21)22/h1-3,5,9H,4H2,(H,21,22)(H,19,20,23)/q-1. The van der Waals surface area contributed by atoms with Crippen molar-refractivity contribution in [2.24, 2.45) is 10.2 Å². The van der Waals surface area contributed by atoms with E-state index in [-0.39, 0.29) is 5.17 Å². The van der Waals surface area contributed by atoms with Crippen molar-refractivity contribution in [3.05, 3.63) is 29.6 Å². The van der Waals surface area contributed by atoms with Gasteiger partial charge in [0.15, 0.2) is 5.17 Å². The molecule has 6 nitrogen and oxygen atoms in total. The van der Waals surface area contributed by atoms with Gasteiger partial charge in [-0.3, -0.25) is 9.59 Å². The zero-order chi connectivity index (χ0) is 17.9. The van der Waals surface area contributed by atoms with Crippen LogP contribution in [0.15, 0.2) is 28.4 Å². The van der Waals surface area contributed by atoms with Crippen molar-refractivity contribution in [1.82, 2.24) is 5.32 Å². The zero-order valence-corrected chi connectivity index (χ0v) is 12.6. The van der Waals surface area contributed by atoms with Crippen molar-refractivity contribution in [2.45, 2.75) is 11.7 Å². The van der Waals surface area contributed by atoms with Crippen LogP contribution >= 0.6 is 11.8 Å². The summed E-state index contributed by atoms with van der Waals surface area (Å²) in [6, 6.07) is 2.52. The van der Waals surface area contributed by atoms with Gasteiger partial charge in [-0.2, -0.15) is 5.10 Å². The van der Waals surface area contributed by atoms with Crippen LogP contribution in [-0.4, -0.2) is 40.6 Å². The van der Waals surface area contributed by atoms with Gasteiger partial charge in [0, 0.05) is 5.56 Å². The van der Waals surface area contributed by atoms with E-state index in [0.717, 1.165) is 30.0 Å². The number of nitrogens with one attached hydrogen (secondary N) is 1. The quantitative estimate of drug-likeness (QED) is 0.357. The molecule has 1 aliphatic heterocycles. The average Bonchev–Trinajstić information content (AvgIpc) is 2.79. The number of thioether (sulfide) groups is 1. The lowest BCUT2D eigenvalue weighted by Crippen LogP contribution is -2.37. The van der Waals surface area contributed by atoms with Crippen LogP contribution in [0.4, 0.5) is 17.3 Å². The first-order chi connectivity index (χ1) is 11.2. The third kappa shape index (κ3) is 4.34. The molecule has 0 radical (unpaired) electrons. The monoisotopic (exact) mass is 362 g/mol. The smallest absolute Gasteiger partial charge is 0.481 e. The van der Waals surface area contributed by atoms with E-state index in [1.165, 1.54) is 0 Å². The Balaban J connectivity index is 2.18. The third-order valence-corrected chi connectivity index (χ3v) is 3.98. The van der Waals surface area contributed by atoms with Gasteiger partial charge in [-0.15, -0.1) is 5.10 Å². The first-order valence-corrected chi connectivity index (χ1v) is 7.35. The molecule has 0 saturated carbocycles. The Kier molecular flexibility index (Phi) is 5.27. The number of nitrogens with zero attached hydrogens (tertiary/aromatic N) is 2. The van der Waals surface area contributed by atoms with Gasteiger partial charge >= 0.3 is 12.9 Å². The van der Waals surface area contributed by atoms with Crippen molar-refractivity contribution in [3.63, 3.8) is 0 Å². The summed E-state index contributed by atoms with van der Waals surface area (Å²) in [5.74, 6) is -2.89. The molecule has 12 heteroatoms. The topological polar surface area (TPSA) is 91.1 Å². The fourth-order valence-corrected chi connectivity index (χ4v) is 2.77. The number of aliphatic carboxylic acids is 1. The van der Waals surface area contributed by atoms with Crippen LogP contribution in [0, 0.1) is 5.82 Å². The number of carboxylic acids is 1. The molecule has 1 atom stereocenters. The molecule has 0 spiro atoms. The number of carboxylic acid groups (broad SMARTS) is 1. The van der Waals surface area contributed by atoms with Crippen molar-refractivity contribution in [3.8, 4) is 0 Å². The van der Waals surface area contributed by atoms with E-state index in [0.29, 0.717) is 6.21 Å². The van der Waals surface area contributed by atoms with E-state index in [1.54, 1.807) is 0 Å². The van der Waals surface area contributed by atoms with Gasteiger partial charge in [0.25, 0.3) is 0 Å². The Labute approximate surface area is 137 Å². The highest BCUT2D eigenvalue weighted by molar-refractivity contribution is 8.15. The molecule has 1 fully saturated rings. The number of carbonyl (C=O) groups excluding carboxylic acids is 1. The summed E-state index contributed by atoms with van der Waals surface area (Å²) < 4.78 is 52.2. The van der Waals surface area contributed by atoms with E-state index in [2.05, 4.69) is 15.5 Å². The second-order valence-electron chi connectivity index (χ2n) is 4.66. The fraction of sp³-hybridized carbons (Fsp3) is 0.167. The molecule has 0 aromatic heterocycles. The van der Waals surface area contributed by atoms with Gasteiger partial charge in [-0.25, -0.2) is 4.39 Å². The van der Waals surface area contributed by atoms with Crippen LogP contribution in [-0.2, 0) is 9.59 Å². The molecule has 2 rings (SSSR count). The molecule has 0 bridgehead atoms. The number of amidine groups is 1. The predicted octanol–water partition coefficient (Wildman–Crippen LogP) is 1.28. The van der Waals surface area contributed by atoms with Crippen molar-refractivity contribution < 1.29 is 32.0 Å². The predicted molar refractivity (Wildman–Crippen MR) is 81.9 cm³/mol. The van der Waals surface area contributed by atoms with Gasteiger partial charge in [0.2, 0.25) is 5.91 Å². The second-order valence-corrected chi connectivity index (χ2v) is 5.85. The van der Waals surface area contributed by atoms with E-state index < -0.39 is 47.4 Å². The van der Waals surface area contributed by atoms with E-state index >= 15 is 0 Å². The lowest BCUT2D eigenvalue weighted by atomic mass is 9.77. The molecule has 1 aromatic carbocycles. The summed E-state index contributed by atoms with van der Waals surface area (Å²) in [7, 11) is 0. The molecule has 1 saturated heterocycles. The highest BCUT2D eigenvalue weighted by Crippen LogP contribution is 2.22. The summed E-state index contributed by atoms with van der Waals surface area (Å²) in [6.07, 6.45) is 0.164. The molecule has 128 valence electrons. The summed E-state index contributed by atoms with van der Waals surface area (Å²) in [5.41, 5.74) is -1.91. The summed E-state index contributed by atoms with van der Waals surface area (Å²) in [6.45, 7) is -5.43. The SMILES string of the molecule is O=C(O)CC1SC(=NN=Cc2c(F)cccc2[B-](F)(F)F)NC1=O. The highest BCUT2D eigenvalue weighted by Gasteiger charge is 2.32. The largest absolute Gasteiger partial charge is 0.510 e. The number of hydrogen-bond acceptors (Lipinski definition) is 5. The maximum atomic E-state index is 13.6. The maximum absolute atomic E-state index is 13.6. The Hall–Kier alpha value is -2.37. The van der Waals surface area contributed by atoms with Gasteiger partial charge in [0.05, 0.1) is 12.6 Å². The van der Waals surface area contributed by atoms with Crippen molar-refractivity contribution in [2.75, 3.05) is 0 Å². The third-order valence-electron chi connectivity index (χ3n) is 2.91. The summed E-state index contributed by atoms with van der Waals surface area (Å²) in [5, 5.41) is 16.7. The Morgan fingerprint density at radius 3 is 2.75 bits per heavy atom. The van der Waals surface area contributed by atoms with Crippen LogP contribution < -0.4 is 10.8 Å². The maximum Gasteiger partial charge on any atom is 0.510 e. The number of rotatable bonds is 5. The first kappa shape index (κ1) is 18.0. The summed E-state index contributed by atoms with van der Waals surface area (Å²) in [4.78, 5) is 22.0. The van der Waals surface area contributed by atoms with Gasteiger partial charge in [0.1, 0.15) is 11.1 Å². The highest BCUT2D eigenvalue weighted by atomic mass is 32.2. The number of amides is 1. The molecule has 1 aliphatic rings. The lowest BCUT2D eigenvalue weighted by Gasteiger charge is -2.17. The molecular weight excluding hydrogens is 353 g/mol. The lowest BCUT2D eigenvalue weighted by molar-refractivity contribution is -0.138. The van der Waals surface area contributed by atoms with E-state index in [9.17, 15) is 26.9 Å². The van der Waals surface area contributed by atoms with Crippen LogP contribution in [0.2, 0.25) is 0 Å². The molecule has 1 unspecified atom stereocenters. The molecule has 1 amide bonds. The van der Waals surface area contributed by atoms with E-state index in [4.69, 9.17) is 5.11 Å². The molecule has 1 aromatic rings. The molecule has 2 N–H and O–H groups in total. The number of halogens is 4. The Morgan fingerprint density at radius 2 is 2.12 bits per heavy atom. The minimum absolute atomic E-state index is 0.0714. The number of benzene rings is 1. The Bertz CT molecular complexity index is 739. The van der Waals surface area contributed by atoms with Gasteiger partial charge in [-0.1, -0.05) is 29.4 Å². The summed E-state index contributed by atoms with van der Waals surface area (Å²) >= 11 is 0.779. The number of hydrogen-bond donors (Lipinski definition) is 2. The first-order valence-electron chi connectivity index (χ1n) is 6.47. The van der Waals surface area contributed by atoms with Crippen LogP contribution in [0.1, 0.15) is 12.0 Å². The minimum atomic E-state index is -5.43. The molecular formula is C12H9BF4N3O3S-. The van der Waals surface area contributed by atoms with Crippen molar-refractivity contribution >= 4 is 47.5 Å². The molecule has 1 heterocycles. The van der Waals surface area contributed by atoms with Crippen LogP contribution in [0.3, 0.4) is 0 Å². The molecule has 0 aliphatic carbocycles.